The minimum absolute atomic E-state index is 0.0879. The number of amides is 1. The van der Waals surface area contributed by atoms with Crippen LogP contribution in [0.3, 0.4) is 0 Å². The molecule has 1 saturated heterocycles. The van der Waals surface area contributed by atoms with E-state index in [1.807, 2.05) is 0 Å². The van der Waals surface area contributed by atoms with Crippen LogP contribution in [-0.2, 0) is 6.42 Å². The van der Waals surface area contributed by atoms with Crippen molar-refractivity contribution < 1.29 is 4.79 Å². The van der Waals surface area contributed by atoms with E-state index in [9.17, 15) is 4.79 Å². The predicted molar refractivity (Wildman–Crippen MR) is 100 cm³/mol. The summed E-state index contributed by atoms with van der Waals surface area (Å²) in [6.45, 7) is 4.04. The van der Waals surface area contributed by atoms with E-state index in [1.165, 1.54) is 18.2 Å². The molecule has 0 radical (unpaired) electrons. The van der Waals surface area contributed by atoms with Crippen LogP contribution in [0.2, 0.25) is 0 Å². The van der Waals surface area contributed by atoms with Gasteiger partial charge < -0.3 is 11.1 Å². The van der Waals surface area contributed by atoms with Crippen molar-refractivity contribution in [3.63, 3.8) is 0 Å². The smallest absolute Gasteiger partial charge is 0.252 e. The van der Waals surface area contributed by atoms with Gasteiger partial charge in [0.15, 0.2) is 0 Å². The van der Waals surface area contributed by atoms with Crippen molar-refractivity contribution in [3.8, 4) is 0 Å². The van der Waals surface area contributed by atoms with Crippen LogP contribution in [0.5, 0.6) is 0 Å². The van der Waals surface area contributed by atoms with Gasteiger partial charge in [-0.1, -0.05) is 30.3 Å². The zero-order chi connectivity index (χ0) is 17.6. The van der Waals surface area contributed by atoms with Crippen LogP contribution < -0.4 is 11.1 Å². The van der Waals surface area contributed by atoms with Crippen molar-refractivity contribution in [3.05, 3.63) is 59.8 Å². The topological polar surface area (TPSA) is 71.2 Å². The van der Waals surface area contributed by atoms with Crippen LogP contribution >= 0.6 is 0 Å². The maximum Gasteiger partial charge on any atom is 0.252 e. The molecule has 0 saturated carbocycles. The Morgan fingerprint density at radius 1 is 1.32 bits per heavy atom. The highest BCUT2D eigenvalue weighted by molar-refractivity contribution is 5.94. The van der Waals surface area contributed by atoms with Gasteiger partial charge in [-0.2, -0.15) is 0 Å². The number of benzene rings is 1. The van der Waals surface area contributed by atoms with Gasteiger partial charge in [0, 0.05) is 24.8 Å². The second-order valence-corrected chi connectivity index (χ2v) is 6.75. The number of hydrogen-bond donors (Lipinski definition) is 2. The van der Waals surface area contributed by atoms with Crippen molar-refractivity contribution in [2.24, 2.45) is 0 Å². The summed E-state index contributed by atoms with van der Waals surface area (Å²) in [4.78, 5) is 18.8. The van der Waals surface area contributed by atoms with E-state index < -0.39 is 0 Å². The number of nitrogens with zero attached hydrogens (tertiary/aromatic N) is 2. The number of nitrogens with two attached hydrogens (primary N) is 1. The first-order valence-electron chi connectivity index (χ1n) is 8.93. The number of carbonyl (C=O) groups excluding carboxylic acids is 1. The fourth-order valence-corrected chi connectivity index (χ4v) is 3.58. The fraction of sp³-hybridized carbons (Fsp3) is 0.400. The van der Waals surface area contributed by atoms with E-state index in [1.54, 1.807) is 12.1 Å². The van der Waals surface area contributed by atoms with E-state index in [4.69, 9.17) is 5.73 Å². The first-order chi connectivity index (χ1) is 12.1. The van der Waals surface area contributed by atoms with Crippen LogP contribution in [0.1, 0.15) is 35.7 Å². The van der Waals surface area contributed by atoms with Crippen LogP contribution in [0.25, 0.3) is 0 Å². The number of likely N-dealkylation sites (tertiary alicyclic amines) is 1. The Labute approximate surface area is 149 Å². The molecule has 1 aromatic carbocycles. The zero-order valence-electron chi connectivity index (χ0n) is 14.7. The van der Waals surface area contributed by atoms with E-state index in [2.05, 4.69) is 52.5 Å². The van der Waals surface area contributed by atoms with Gasteiger partial charge in [-0.3, -0.25) is 9.69 Å². The number of nitrogen functional groups attached to an aromatic ring is 1. The first-order valence-corrected chi connectivity index (χ1v) is 8.93. The van der Waals surface area contributed by atoms with Gasteiger partial charge in [0.25, 0.3) is 5.91 Å². The lowest BCUT2D eigenvalue weighted by Gasteiger charge is -2.31. The Balaban J connectivity index is 1.54. The first kappa shape index (κ1) is 17.4. The Bertz CT molecular complexity index is 687. The number of hydrogen-bond acceptors (Lipinski definition) is 4. The summed E-state index contributed by atoms with van der Waals surface area (Å²) in [5, 5.41) is 3.05. The molecule has 0 aliphatic carbocycles. The molecule has 2 heterocycles. The third kappa shape index (κ3) is 4.57. The predicted octanol–water partition coefficient (Wildman–Crippen LogP) is 2.49. The summed E-state index contributed by atoms with van der Waals surface area (Å²) in [5.41, 5.74) is 7.48. The highest BCUT2D eigenvalue weighted by Gasteiger charge is 2.28. The Kier molecular flexibility index (Phi) is 5.66. The molecule has 25 heavy (non-hydrogen) atoms. The second-order valence-electron chi connectivity index (χ2n) is 6.75. The zero-order valence-corrected chi connectivity index (χ0v) is 14.7. The second kappa shape index (κ2) is 8.12. The van der Waals surface area contributed by atoms with Crippen molar-refractivity contribution in [2.75, 3.05) is 18.8 Å². The molecule has 0 bridgehead atoms. The highest BCUT2D eigenvalue weighted by Crippen LogP contribution is 2.21. The number of carbonyl (C=O) groups is 1. The van der Waals surface area contributed by atoms with Crippen LogP contribution in [0, 0.1) is 0 Å². The summed E-state index contributed by atoms with van der Waals surface area (Å²) in [7, 11) is 0. The maximum atomic E-state index is 12.3. The van der Waals surface area contributed by atoms with Gasteiger partial charge in [-0.15, -0.1) is 0 Å². The van der Waals surface area contributed by atoms with Gasteiger partial charge in [-0.25, -0.2) is 4.98 Å². The normalized spacial score (nSPS) is 18.8. The Morgan fingerprint density at radius 2 is 2.12 bits per heavy atom. The van der Waals surface area contributed by atoms with E-state index in [-0.39, 0.29) is 5.91 Å². The summed E-state index contributed by atoms with van der Waals surface area (Å²) >= 11 is 0. The Morgan fingerprint density at radius 3 is 2.84 bits per heavy atom. The molecule has 2 aromatic rings. The molecule has 5 heteroatoms. The lowest BCUT2D eigenvalue weighted by atomic mass is 10.1. The monoisotopic (exact) mass is 338 g/mol. The standard InChI is InChI=1S/C20H26N4O/c1-15(12-16-6-3-2-4-7-16)24-11-5-8-18(24)14-23-20(25)17-9-10-19(21)22-13-17/h2-4,6-7,9-10,13,15,18H,5,8,11-12,14H2,1H3,(H2,21,22)(H,23,25). The average Bonchev–Trinajstić information content (AvgIpc) is 3.10. The molecule has 3 rings (SSSR count). The number of aromatic nitrogens is 1. The summed E-state index contributed by atoms with van der Waals surface area (Å²) in [6.07, 6.45) is 4.87. The van der Waals surface area contributed by atoms with Crippen LogP contribution in [-0.4, -0.2) is 41.0 Å². The molecule has 1 fully saturated rings. The largest absolute Gasteiger partial charge is 0.384 e. The molecule has 132 valence electrons. The molecular formula is C20H26N4O. The quantitative estimate of drug-likeness (QED) is 0.849. The van der Waals surface area contributed by atoms with Gasteiger partial charge >= 0.3 is 0 Å². The maximum absolute atomic E-state index is 12.3. The number of pyridine rings is 1. The van der Waals surface area contributed by atoms with Gasteiger partial charge in [-0.05, 0) is 50.4 Å². The third-order valence-electron chi connectivity index (χ3n) is 4.91. The molecule has 1 aliphatic rings. The molecule has 2 atom stereocenters. The van der Waals surface area contributed by atoms with Crippen LogP contribution in [0.15, 0.2) is 48.7 Å². The van der Waals surface area contributed by atoms with Crippen molar-refractivity contribution in [1.29, 1.82) is 0 Å². The van der Waals surface area contributed by atoms with E-state index >= 15 is 0 Å². The Hall–Kier alpha value is -2.40. The summed E-state index contributed by atoms with van der Waals surface area (Å²) in [6, 6.07) is 14.8. The van der Waals surface area contributed by atoms with E-state index in [0.717, 1.165) is 19.4 Å². The molecule has 1 amide bonds. The van der Waals surface area contributed by atoms with Gasteiger partial charge in [0.05, 0.1) is 5.56 Å². The summed E-state index contributed by atoms with van der Waals surface area (Å²) in [5.74, 6) is 0.336. The molecule has 3 N–H and O–H groups in total. The summed E-state index contributed by atoms with van der Waals surface area (Å²) < 4.78 is 0. The minimum atomic E-state index is -0.0879. The van der Waals surface area contributed by atoms with Gasteiger partial charge in [0.2, 0.25) is 0 Å². The lowest BCUT2D eigenvalue weighted by molar-refractivity contribution is 0.0933. The minimum Gasteiger partial charge on any atom is -0.384 e. The fourth-order valence-electron chi connectivity index (χ4n) is 3.58. The van der Waals surface area contributed by atoms with Crippen molar-refractivity contribution >= 4 is 11.7 Å². The SMILES string of the molecule is CC(Cc1ccccc1)N1CCCC1CNC(=O)c1ccc(N)nc1. The number of anilines is 1. The highest BCUT2D eigenvalue weighted by atomic mass is 16.1. The van der Waals surface area contributed by atoms with Crippen LogP contribution in [0.4, 0.5) is 5.82 Å². The number of rotatable bonds is 6. The average molecular weight is 338 g/mol. The molecule has 2 unspecified atom stereocenters. The van der Waals surface area contributed by atoms with Crippen molar-refractivity contribution in [1.82, 2.24) is 15.2 Å². The van der Waals surface area contributed by atoms with E-state index in [0.29, 0.717) is 30.0 Å². The molecule has 5 nitrogen and oxygen atoms in total. The molecule has 1 aliphatic heterocycles. The molecule has 0 spiro atoms. The number of nitrogens with one attached hydrogen (secondary N) is 1. The molecular weight excluding hydrogens is 312 g/mol. The third-order valence-corrected chi connectivity index (χ3v) is 4.91. The van der Waals surface area contributed by atoms with Gasteiger partial charge in [0.1, 0.15) is 5.82 Å². The van der Waals surface area contributed by atoms with Crippen molar-refractivity contribution in [2.45, 2.75) is 38.3 Å². The lowest BCUT2D eigenvalue weighted by Crippen LogP contribution is -2.45. The molecule has 1 aromatic heterocycles.